The third-order valence-corrected chi connectivity index (χ3v) is 3.77. The van der Waals surface area contributed by atoms with E-state index in [9.17, 15) is 9.59 Å². The summed E-state index contributed by atoms with van der Waals surface area (Å²) in [7, 11) is 1.29. The van der Waals surface area contributed by atoms with Crippen LogP contribution in [0.15, 0.2) is 54.6 Å². The van der Waals surface area contributed by atoms with E-state index in [0.717, 1.165) is 16.7 Å². The Balaban J connectivity index is 1.97. The molecule has 6 heteroatoms. The summed E-state index contributed by atoms with van der Waals surface area (Å²) >= 11 is 0. The van der Waals surface area contributed by atoms with Crippen molar-refractivity contribution in [3.8, 4) is 11.1 Å². The minimum absolute atomic E-state index is 0.113. The molecule has 2 aromatic carbocycles. The highest BCUT2D eigenvalue weighted by Crippen LogP contribution is 2.19. The lowest BCUT2D eigenvalue weighted by atomic mass is 10.0. The highest BCUT2D eigenvalue weighted by atomic mass is 16.6. The van der Waals surface area contributed by atoms with Gasteiger partial charge in [0.25, 0.3) is 0 Å². The summed E-state index contributed by atoms with van der Waals surface area (Å²) in [5.41, 5.74) is 2.50. The lowest BCUT2D eigenvalue weighted by Gasteiger charge is -2.23. The number of rotatable bonds is 7. The minimum atomic E-state index is -0.851. The molecular weight excluding hydrogens is 358 g/mol. The monoisotopic (exact) mass is 385 g/mol. The van der Waals surface area contributed by atoms with E-state index >= 15 is 0 Å². The van der Waals surface area contributed by atoms with Gasteiger partial charge in [0.2, 0.25) is 0 Å². The second-order valence-corrected chi connectivity index (χ2v) is 7.29. The Morgan fingerprint density at radius 3 is 2.14 bits per heavy atom. The Hall–Kier alpha value is -2.86. The molecule has 0 fully saturated rings. The molecule has 0 aliphatic rings. The van der Waals surface area contributed by atoms with E-state index in [-0.39, 0.29) is 13.0 Å². The first-order chi connectivity index (χ1) is 13.3. The fourth-order valence-electron chi connectivity index (χ4n) is 2.45. The third-order valence-electron chi connectivity index (χ3n) is 3.77. The number of amides is 1. The van der Waals surface area contributed by atoms with Gasteiger partial charge in [-0.2, -0.15) is 0 Å². The zero-order valence-electron chi connectivity index (χ0n) is 16.7. The largest absolute Gasteiger partial charge is 0.469 e. The van der Waals surface area contributed by atoms with Gasteiger partial charge in [0.15, 0.2) is 0 Å². The van der Waals surface area contributed by atoms with Crippen LogP contribution < -0.4 is 5.32 Å². The van der Waals surface area contributed by atoms with Crippen molar-refractivity contribution in [2.24, 2.45) is 0 Å². The highest BCUT2D eigenvalue weighted by molar-refractivity contribution is 5.72. The molecule has 2 rings (SSSR count). The van der Waals surface area contributed by atoms with Crippen LogP contribution in [0.2, 0.25) is 0 Å². The summed E-state index contributed by atoms with van der Waals surface area (Å²) in [4.78, 5) is 23.6. The first-order valence-corrected chi connectivity index (χ1v) is 9.09. The van der Waals surface area contributed by atoms with Crippen molar-refractivity contribution in [3.63, 3.8) is 0 Å². The molecule has 1 atom stereocenters. The molecule has 0 spiro atoms. The van der Waals surface area contributed by atoms with Gasteiger partial charge in [0, 0.05) is 0 Å². The maximum atomic E-state index is 12.0. The number of hydrogen-bond donors (Lipinski definition) is 1. The Morgan fingerprint density at radius 2 is 1.57 bits per heavy atom. The van der Waals surface area contributed by atoms with E-state index in [0.29, 0.717) is 0 Å². The van der Waals surface area contributed by atoms with E-state index in [4.69, 9.17) is 9.47 Å². The molecule has 1 N–H and O–H groups in total. The average molecular weight is 385 g/mol. The number of nitrogens with one attached hydrogen (secondary N) is 1. The molecule has 28 heavy (non-hydrogen) atoms. The minimum Gasteiger partial charge on any atom is -0.469 e. The first kappa shape index (κ1) is 21.4. The fraction of sp³-hybridized carbons (Fsp3) is 0.364. The second-order valence-electron chi connectivity index (χ2n) is 7.29. The van der Waals surface area contributed by atoms with Crippen LogP contribution in [0.4, 0.5) is 4.79 Å². The SMILES string of the molecule is COC(=O)CC(NC(=O)OC(C)(C)C)OCc1ccc(-c2ccccc2)cc1. The third kappa shape index (κ3) is 7.40. The van der Waals surface area contributed by atoms with Crippen molar-refractivity contribution in [3.05, 3.63) is 60.2 Å². The van der Waals surface area contributed by atoms with Crippen LogP contribution in [-0.4, -0.2) is 31.0 Å². The summed E-state index contributed by atoms with van der Waals surface area (Å²) in [6.07, 6.45) is -1.62. The van der Waals surface area contributed by atoms with Crippen LogP contribution in [0.25, 0.3) is 11.1 Å². The Labute approximate surface area is 165 Å². The second kappa shape index (κ2) is 9.90. The molecule has 1 unspecified atom stereocenters. The van der Waals surface area contributed by atoms with Gasteiger partial charge in [-0.25, -0.2) is 4.79 Å². The van der Waals surface area contributed by atoms with Gasteiger partial charge in [0.05, 0.1) is 20.1 Å². The van der Waals surface area contributed by atoms with Crippen molar-refractivity contribution in [1.29, 1.82) is 0 Å². The number of esters is 1. The van der Waals surface area contributed by atoms with Gasteiger partial charge in [-0.3, -0.25) is 10.1 Å². The molecule has 0 heterocycles. The number of hydrogen-bond acceptors (Lipinski definition) is 5. The number of methoxy groups -OCH3 is 1. The quantitative estimate of drug-likeness (QED) is 0.569. The van der Waals surface area contributed by atoms with Crippen LogP contribution in [0.3, 0.4) is 0 Å². The van der Waals surface area contributed by atoms with E-state index in [1.54, 1.807) is 20.8 Å². The van der Waals surface area contributed by atoms with Crippen molar-refractivity contribution >= 4 is 12.1 Å². The fourth-order valence-corrected chi connectivity index (χ4v) is 2.45. The normalized spacial score (nSPS) is 12.1. The molecule has 0 aliphatic heterocycles. The van der Waals surface area contributed by atoms with E-state index in [1.165, 1.54) is 7.11 Å². The summed E-state index contributed by atoms with van der Waals surface area (Å²) in [6, 6.07) is 18.0. The van der Waals surface area contributed by atoms with Crippen LogP contribution >= 0.6 is 0 Å². The zero-order valence-corrected chi connectivity index (χ0v) is 16.7. The topological polar surface area (TPSA) is 73.9 Å². The number of benzene rings is 2. The standard InChI is InChI=1S/C22H27NO5/c1-22(2,3)28-21(25)23-19(14-20(24)26-4)27-15-16-10-12-18(13-11-16)17-8-6-5-7-9-17/h5-13,19H,14-15H2,1-4H3,(H,23,25). The average Bonchev–Trinajstić information content (AvgIpc) is 2.65. The van der Waals surface area contributed by atoms with Crippen molar-refractivity contribution in [2.45, 2.75) is 45.6 Å². The van der Waals surface area contributed by atoms with Gasteiger partial charge in [-0.05, 0) is 37.5 Å². The molecule has 150 valence electrons. The van der Waals surface area contributed by atoms with Crippen LogP contribution in [0, 0.1) is 0 Å². The van der Waals surface area contributed by atoms with Crippen LogP contribution in [0.5, 0.6) is 0 Å². The Bertz CT molecular complexity index is 766. The molecule has 2 aromatic rings. The number of alkyl carbamates (subject to hydrolysis) is 1. The van der Waals surface area contributed by atoms with Crippen molar-refractivity contribution < 1.29 is 23.8 Å². The van der Waals surface area contributed by atoms with Crippen LogP contribution in [0.1, 0.15) is 32.8 Å². The van der Waals surface area contributed by atoms with E-state index in [1.807, 2.05) is 54.6 Å². The zero-order chi connectivity index (χ0) is 20.6. The van der Waals surface area contributed by atoms with Crippen molar-refractivity contribution in [2.75, 3.05) is 7.11 Å². The lowest BCUT2D eigenvalue weighted by molar-refractivity contribution is -0.144. The number of carbonyl (C=O) groups excluding carboxylic acids is 2. The molecule has 0 aliphatic carbocycles. The molecule has 6 nitrogen and oxygen atoms in total. The van der Waals surface area contributed by atoms with Gasteiger partial charge < -0.3 is 14.2 Å². The Morgan fingerprint density at radius 1 is 0.964 bits per heavy atom. The van der Waals surface area contributed by atoms with Crippen molar-refractivity contribution in [1.82, 2.24) is 5.32 Å². The first-order valence-electron chi connectivity index (χ1n) is 9.09. The smallest absolute Gasteiger partial charge is 0.409 e. The molecule has 0 saturated heterocycles. The van der Waals surface area contributed by atoms with E-state index < -0.39 is 23.9 Å². The number of carbonyl (C=O) groups is 2. The maximum absolute atomic E-state index is 12.0. The molecular formula is C22H27NO5. The van der Waals surface area contributed by atoms with Gasteiger partial charge in [0.1, 0.15) is 11.8 Å². The molecule has 0 bridgehead atoms. The maximum Gasteiger partial charge on any atom is 0.409 e. The van der Waals surface area contributed by atoms with Gasteiger partial charge in [-0.15, -0.1) is 0 Å². The molecule has 0 radical (unpaired) electrons. The van der Waals surface area contributed by atoms with E-state index in [2.05, 4.69) is 10.1 Å². The highest BCUT2D eigenvalue weighted by Gasteiger charge is 2.22. The molecule has 1 amide bonds. The Kier molecular flexibility index (Phi) is 7.58. The molecule has 0 saturated carbocycles. The molecule has 0 aromatic heterocycles. The van der Waals surface area contributed by atoms with Crippen LogP contribution in [-0.2, 0) is 25.6 Å². The van der Waals surface area contributed by atoms with Gasteiger partial charge >= 0.3 is 12.1 Å². The summed E-state index contributed by atoms with van der Waals surface area (Å²) in [5.74, 6) is -0.486. The number of ether oxygens (including phenoxy) is 3. The summed E-state index contributed by atoms with van der Waals surface area (Å²) in [6.45, 7) is 5.51. The summed E-state index contributed by atoms with van der Waals surface area (Å²) in [5, 5.41) is 2.56. The summed E-state index contributed by atoms with van der Waals surface area (Å²) < 4.78 is 15.6. The van der Waals surface area contributed by atoms with Gasteiger partial charge in [-0.1, -0.05) is 54.6 Å². The predicted octanol–water partition coefficient (Wildman–Crippen LogP) is 4.28. The predicted molar refractivity (Wildman–Crippen MR) is 106 cm³/mol. The lowest BCUT2D eigenvalue weighted by Crippen LogP contribution is -2.41.